The second-order valence-electron chi connectivity index (χ2n) is 6.13. The van der Waals surface area contributed by atoms with E-state index in [0.29, 0.717) is 5.56 Å². The van der Waals surface area contributed by atoms with Crippen molar-refractivity contribution in [2.45, 2.75) is 27.4 Å². The zero-order valence-electron chi connectivity index (χ0n) is 16.4. The largest absolute Gasteiger partial charge is 0.398 e. The van der Waals surface area contributed by atoms with Gasteiger partial charge in [0.05, 0.1) is 5.71 Å². The molecule has 0 saturated heterocycles. The summed E-state index contributed by atoms with van der Waals surface area (Å²) in [7, 11) is 2.95. The highest BCUT2D eigenvalue weighted by molar-refractivity contribution is 6.45. The van der Waals surface area contributed by atoms with Crippen molar-refractivity contribution < 1.29 is 14.5 Å². The maximum Gasteiger partial charge on any atom is 0.273 e. The minimum absolute atomic E-state index is 0.189. The number of amides is 1. The number of carbonyl (C=O) groups excluding carboxylic acids is 1. The van der Waals surface area contributed by atoms with Crippen molar-refractivity contribution in [3.05, 3.63) is 70.3 Å². The van der Waals surface area contributed by atoms with Crippen molar-refractivity contribution in [1.29, 1.82) is 0 Å². The Morgan fingerprint density at radius 3 is 2.52 bits per heavy atom. The van der Waals surface area contributed by atoms with Gasteiger partial charge in [0.15, 0.2) is 5.71 Å². The molecule has 1 N–H and O–H groups in total. The second kappa shape index (κ2) is 9.52. The van der Waals surface area contributed by atoms with E-state index in [1.54, 1.807) is 13.1 Å². The average Bonchev–Trinajstić information content (AvgIpc) is 2.67. The summed E-state index contributed by atoms with van der Waals surface area (Å²) in [6.07, 6.45) is 0. The van der Waals surface area contributed by atoms with Crippen molar-refractivity contribution in [1.82, 2.24) is 5.32 Å². The Morgan fingerprint density at radius 1 is 1.07 bits per heavy atom. The number of rotatable bonds is 7. The molecule has 0 heterocycles. The summed E-state index contributed by atoms with van der Waals surface area (Å²) in [5.74, 6) is -0.334. The lowest BCUT2D eigenvalue weighted by atomic mass is 10.0. The van der Waals surface area contributed by atoms with Crippen LogP contribution in [0.1, 0.15) is 34.7 Å². The van der Waals surface area contributed by atoms with E-state index in [1.807, 2.05) is 39.0 Å². The fourth-order valence-electron chi connectivity index (χ4n) is 2.67. The second-order valence-corrected chi connectivity index (χ2v) is 6.13. The van der Waals surface area contributed by atoms with Crippen LogP contribution < -0.4 is 5.32 Å². The van der Waals surface area contributed by atoms with Crippen LogP contribution in [0.3, 0.4) is 0 Å². The third-order valence-corrected chi connectivity index (χ3v) is 4.10. The normalized spacial score (nSPS) is 11.9. The Hall–Kier alpha value is -3.15. The van der Waals surface area contributed by atoms with Crippen LogP contribution in [0.5, 0.6) is 0 Å². The van der Waals surface area contributed by atoms with E-state index >= 15 is 0 Å². The van der Waals surface area contributed by atoms with Gasteiger partial charge in [-0.15, -0.1) is 0 Å². The van der Waals surface area contributed by atoms with Gasteiger partial charge in [-0.25, -0.2) is 0 Å². The summed E-state index contributed by atoms with van der Waals surface area (Å²) >= 11 is 0. The van der Waals surface area contributed by atoms with Gasteiger partial charge in [-0.2, -0.15) is 0 Å². The maximum atomic E-state index is 12.1. The van der Waals surface area contributed by atoms with E-state index < -0.39 is 0 Å². The van der Waals surface area contributed by atoms with Crippen molar-refractivity contribution in [2.24, 2.45) is 10.3 Å². The molecule has 0 fully saturated rings. The topological polar surface area (TPSA) is 72.3 Å². The number of likely N-dealkylation sites (N-methyl/N-ethyl adjacent to an activating group) is 1. The molecule has 27 heavy (non-hydrogen) atoms. The molecule has 2 aromatic rings. The van der Waals surface area contributed by atoms with Crippen molar-refractivity contribution in [3.63, 3.8) is 0 Å². The number of nitrogens with zero attached hydrogens (tertiary/aromatic N) is 2. The van der Waals surface area contributed by atoms with Crippen LogP contribution in [0, 0.1) is 13.8 Å². The highest BCUT2D eigenvalue weighted by atomic mass is 16.6. The van der Waals surface area contributed by atoms with Gasteiger partial charge < -0.3 is 15.0 Å². The monoisotopic (exact) mass is 367 g/mol. The van der Waals surface area contributed by atoms with Crippen LogP contribution in [-0.2, 0) is 21.1 Å². The molecule has 0 aromatic heterocycles. The summed E-state index contributed by atoms with van der Waals surface area (Å²) in [4.78, 5) is 22.5. The first kappa shape index (κ1) is 20.2. The lowest BCUT2D eigenvalue weighted by Crippen LogP contribution is -2.29. The highest BCUT2D eigenvalue weighted by Crippen LogP contribution is 2.15. The van der Waals surface area contributed by atoms with Gasteiger partial charge in [0.2, 0.25) is 0 Å². The van der Waals surface area contributed by atoms with Gasteiger partial charge in [-0.05, 0) is 32.4 Å². The number of carbonyl (C=O) groups is 1. The van der Waals surface area contributed by atoms with Crippen molar-refractivity contribution in [3.8, 4) is 0 Å². The number of hydrogen-bond acceptors (Lipinski definition) is 5. The molecule has 0 radical (unpaired) electrons. The van der Waals surface area contributed by atoms with E-state index in [4.69, 9.17) is 9.68 Å². The smallest absolute Gasteiger partial charge is 0.273 e. The quantitative estimate of drug-likeness (QED) is 0.603. The predicted octanol–water partition coefficient (Wildman–Crippen LogP) is 3.34. The molecule has 0 atom stereocenters. The van der Waals surface area contributed by atoms with E-state index in [0.717, 1.165) is 22.4 Å². The van der Waals surface area contributed by atoms with Crippen LogP contribution in [0.2, 0.25) is 0 Å². The zero-order chi connectivity index (χ0) is 19.8. The molecule has 2 rings (SSSR count). The highest BCUT2D eigenvalue weighted by Gasteiger charge is 2.17. The van der Waals surface area contributed by atoms with Crippen LogP contribution in [0.15, 0.2) is 52.8 Å². The lowest BCUT2D eigenvalue weighted by Gasteiger charge is -2.11. The molecular weight excluding hydrogens is 342 g/mol. The number of benzene rings is 2. The molecular formula is C21H25N3O3. The third kappa shape index (κ3) is 5.17. The third-order valence-electron chi connectivity index (χ3n) is 4.10. The summed E-state index contributed by atoms with van der Waals surface area (Å²) in [6, 6.07) is 13.6. The molecule has 0 aliphatic rings. The fraction of sp³-hybridized carbons (Fsp3) is 0.286. The first-order valence-corrected chi connectivity index (χ1v) is 8.63. The summed E-state index contributed by atoms with van der Waals surface area (Å²) in [5.41, 5.74) is 5.77. The summed E-state index contributed by atoms with van der Waals surface area (Å²) in [5, 5.41) is 10.7. The van der Waals surface area contributed by atoms with E-state index in [-0.39, 0.29) is 18.2 Å². The molecule has 2 aromatic carbocycles. The summed E-state index contributed by atoms with van der Waals surface area (Å²) in [6.45, 7) is 6.21. The Balaban J connectivity index is 2.23. The maximum absolute atomic E-state index is 12.1. The predicted molar refractivity (Wildman–Crippen MR) is 107 cm³/mol. The zero-order valence-corrected chi connectivity index (χ0v) is 16.4. The molecule has 0 saturated carbocycles. The van der Waals surface area contributed by atoms with Gasteiger partial charge in [0, 0.05) is 23.7 Å². The Bertz CT molecular complexity index is 873. The van der Waals surface area contributed by atoms with E-state index in [2.05, 4.69) is 33.8 Å². The molecule has 0 unspecified atom stereocenters. The van der Waals surface area contributed by atoms with Gasteiger partial charge in [-0.1, -0.05) is 52.3 Å². The van der Waals surface area contributed by atoms with Gasteiger partial charge in [-0.3, -0.25) is 4.79 Å². The fourth-order valence-corrected chi connectivity index (χ4v) is 2.67. The molecule has 0 bridgehead atoms. The molecule has 1 amide bonds. The van der Waals surface area contributed by atoms with E-state index in [9.17, 15) is 4.79 Å². The molecule has 142 valence electrons. The molecule has 0 aliphatic carbocycles. The van der Waals surface area contributed by atoms with Crippen LogP contribution in [-0.4, -0.2) is 31.5 Å². The number of nitrogens with one attached hydrogen (secondary N) is 1. The van der Waals surface area contributed by atoms with Crippen molar-refractivity contribution in [2.75, 3.05) is 14.2 Å². The minimum Gasteiger partial charge on any atom is -0.398 e. The Kier molecular flexibility index (Phi) is 7.11. The standard InChI is InChI=1S/C21H25N3O3/c1-14-10-11-15(2)19(12-14)16(3)23-27-13-17-8-6-7-9-18(17)20(24-26-5)21(25)22-4/h6-12H,13H2,1-5H3,(H,22,25)/b23-16-,24-20-. The van der Waals surface area contributed by atoms with Crippen LogP contribution in [0.4, 0.5) is 0 Å². The Labute approximate surface area is 159 Å². The van der Waals surface area contributed by atoms with Crippen LogP contribution in [0.25, 0.3) is 0 Å². The molecule has 6 nitrogen and oxygen atoms in total. The van der Waals surface area contributed by atoms with Crippen molar-refractivity contribution >= 4 is 17.3 Å². The SMILES string of the molecule is CNC(=O)/C(=N\OC)c1ccccc1CO/N=C(/C)c1cc(C)ccc1C. The number of aryl methyl sites for hydroxylation is 2. The first-order valence-electron chi connectivity index (χ1n) is 8.63. The lowest BCUT2D eigenvalue weighted by molar-refractivity contribution is -0.114. The summed E-state index contributed by atoms with van der Waals surface area (Å²) < 4.78 is 0. The molecule has 6 heteroatoms. The van der Waals surface area contributed by atoms with Gasteiger partial charge >= 0.3 is 0 Å². The molecule has 0 aliphatic heterocycles. The van der Waals surface area contributed by atoms with Crippen LogP contribution >= 0.6 is 0 Å². The average molecular weight is 367 g/mol. The molecule has 0 spiro atoms. The first-order chi connectivity index (χ1) is 13.0. The van der Waals surface area contributed by atoms with Gasteiger partial charge in [0.25, 0.3) is 5.91 Å². The number of hydrogen-bond donors (Lipinski definition) is 1. The van der Waals surface area contributed by atoms with E-state index in [1.165, 1.54) is 12.7 Å². The Morgan fingerprint density at radius 2 is 1.81 bits per heavy atom. The minimum atomic E-state index is -0.334. The number of oxime groups is 2. The van der Waals surface area contributed by atoms with Gasteiger partial charge in [0.1, 0.15) is 13.7 Å².